The van der Waals surface area contributed by atoms with Gasteiger partial charge in [0.25, 0.3) is 0 Å². The lowest BCUT2D eigenvalue weighted by atomic mass is 10.1. The number of anilines is 1. The summed E-state index contributed by atoms with van der Waals surface area (Å²) >= 11 is 0. The van der Waals surface area contributed by atoms with Crippen LogP contribution in [0.4, 0.5) is 5.69 Å². The molecular formula is C16H15NO3. The minimum Gasteiger partial charge on any atom is -0.454 e. The highest BCUT2D eigenvalue weighted by atomic mass is 16.5. The van der Waals surface area contributed by atoms with Gasteiger partial charge in [-0.25, -0.2) is 4.79 Å². The number of hydrogen-bond donors (Lipinski definition) is 1. The molecule has 0 radical (unpaired) electrons. The van der Waals surface area contributed by atoms with Gasteiger partial charge in [-0.2, -0.15) is 0 Å². The molecule has 0 aliphatic carbocycles. The second-order valence-electron chi connectivity index (χ2n) is 4.16. The third-order valence-electron chi connectivity index (χ3n) is 2.84. The summed E-state index contributed by atoms with van der Waals surface area (Å²) in [4.78, 5) is 23.8. The maximum atomic E-state index is 12.0. The van der Waals surface area contributed by atoms with Crippen LogP contribution in [0.1, 0.15) is 20.7 Å². The molecule has 0 saturated heterocycles. The topological polar surface area (TPSA) is 55.4 Å². The fourth-order valence-corrected chi connectivity index (χ4v) is 1.81. The number of carbonyl (C=O) groups is 2. The molecule has 0 aliphatic heterocycles. The first-order valence-electron chi connectivity index (χ1n) is 6.24. The van der Waals surface area contributed by atoms with E-state index in [2.05, 4.69) is 5.32 Å². The molecule has 0 atom stereocenters. The van der Waals surface area contributed by atoms with Crippen molar-refractivity contribution in [2.75, 3.05) is 19.0 Å². The van der Waals surface area contributed by atoms with Crippen LogP contribution in [0.2, 0.25) is 0 Å². The van der Waals surface area contributed by atoms with Gasteiger partial charge in [-0.3, -0.25) is 4.79 Å². The molecule has 0 bridgehead atoms. The summed E-state index contributed by atoms with van der Waals surface area (Å²) < 4.78 is 5.03. The number of rotatable bonds is 5. The molecule has 2 rings (SSSR count). The minimum atomic E-state index is -0.499. The molecule has 0 saturated carbocycles. The summed E-state index contributed by atoms with van der Waals surface area (Å²) in [6.07, 6.45) is 0. The number of benzene rings is 2. The van der Waals surface area contributed by atoms with Crippen LogP contribution in [0.3, 0.4) is 0 Å². The van der Waals surface area contributed by atoms with E-state index in [-0.39, 0.29) is 12.4 Å². The van der Waals surface area contributed by atoms with Crippen molar-refractivity contribution in [3.05, 3.63) is 65.7 Å². The van der Waals surface area contributed by atoms with E-state index in [1.807, 2.05) is 12.1 Å². The van der Waals surface area contributed by atoms with Crippen molar-refractivity contribution in [2.24, 2.45) is 0 Å². The third-order valence-corrected chi connectivity index (χ3v) is 2.84. The first-order chi connectivity index (χ1) is 9.72. The second kappa shape index (κ2) is 6.52. The number of ether oxygens (including phenoxy) is 1. The van der Waals surface area contributed by atoms with E-state index in [4.69, 9.17) is 4.74 Å². The van der Waals surface area contributed by atoms with Crippen molar-refractivity contribution < 1.29 is 14.3 Å². The van der Waals surface area contributed by atoms with Crippen molar-refractivity contribution in [3.8, 4) is 0 Å². The summed E-state index contributed by atoms with van der Waals surface area (Å²) in [5.41, 5.74) is 1.66. The maximum Gasteiger partial charge on any atom is 0.338 e. The monoisotopic (exact) mass is 269 g/mol. The van der Waals surface area contributed by atoms with Crippen molar-refractivity contribution in [1.29, 1.82) is 0 Å². The standard InChI is InChI=1S/C16H15NO3/c1-17-14-10-6-5-9-13(14)15(18)11-20-16(19)12-7-3-2-4-8-12/h2-10,17H,11H2,1H3. The van der Waals surface area contributed by atoms with Crippen LogP contribution in [0.15, 0.2) is 54.6 Å². The van der Waals surface area contributed by atoms with Gasteiger partial charge in [-0.05, 0) is 24.3 Å². The first kappa shape index (κ1) is 13.8. The fraction of sp³-hybridized carbons (Fsp3) is 0.125. The molecule has 2 aromatic rings. The zero-order chi connectivity index (χ0) is 14.4. The van der Waals surface area contributed by atoms with Crippen LogP contribution in [0, 0.1) is 0 Å². The van der Waals surface area contributed by atoms with Crippen molar-refractivity contribution in [1.82, 2.24) is 0 Å². The Morgan fingerprint density at radius 3 is 2.35 bits per heavy atom. The molecule has 0 aromatic heterocycles. The van der Waals surface area contributed by atoms with E-state index in [9.17, 15) is 9.59 Å². The molecule has 1 N–H and O–H groups in total. The van der Waals surface area contributed by atoms with Crippen LogP contribution in [-0.2, 0) is 4.74 Å². The van der Waals surface area contributed by atoms with Gasteiger partial charge in [-0.15, -0.1) is 0 Å². The molecule has 4 heteroatoms. The molecule has 0 fully saturated rings. The SMILES string of the molecule is CNc1ccccc1C(=O)COC(=O)c1ccccc1. The summed E-state index contributed by atoms with van der Waals surface area (Å²) in [6.45, 7) is -0.271. The largest absolute Gasteiger partial charge is 0.454 e. The average molecular weight is 269 g/mol. The van der Waals surface area contributed by atoms with E-state index in [0.29, 0.717) is 16.8 Å². The van der Waals surface area contributed by atoms with Crippen LogP contribution in [0.25, 0.3) is 0 Å². The van der Waals surface area contributed by atoms with E-state index in [1.54, 1.807) is 49.5 Å². The van der Waals surface area contributed by atoms with Gasteiger partial charge in [0.05, 0.1) is 5.56 Å². The number of carbonyl (C=O) groups excluding carboxylic acids is 2. The van der Waals surface area contributed by atoms with Gasteiger partial charge in [0.2, 0.25) is 5.78 Å². The van der Waals surface area contributed by atoms with Gasteiger partial charge in [0, 0.05) is 18.3 Å². The molecule has 0 heterocycles. The van der Waals surface area contributed by atoms with Crippen LogP contribution < -0.4 is 5.32 Å². The van der Waals surface area contributed by atoms with Gasteiger partial charge in [0.15, 0.2) is 6.61 Å². The Morgan fingerprint density at radius 2 is 1.65 bits per heavy atom. The van der Waals surface area contributed by atoms with Crippen molar-refractivity contribution in [2.45, 2.75) is 0 Å². The summed E-state index contributed by atoms with van der Waals surface area (Å²) in [7, 11) is 1.74. The first-order valence-corrected chi connectivity index (χ1v) is 6.24. The predicted octanol–water partition coefficient (Wildman–Crippen LogP) is 2.77. The van der Waals surface area contributed by atoms with Crippen LogP contribution >= 0.6 is 0 Å². The molecule has 0 aliphatic rings. The van der Waals surface area contributed by atoms with E-state index in [0.717, 1.165) is 0 Å². The van der Waals surface area contributed by atoms with Gasteiger partial charge in [0.1, 0.15) is 0 Å². The maximum absolute atomic E-state index is 12.0. The van der Waals surface area contributed by atoms with Gasteiger partial charge >= 0.3 is 5.97 Å². The minimum absolute atomic E-state index is 0.237. The Kier molecular flexibility index (Phi) is 4.50. The third kappa shape index (κ3) is 3.23. The van der Waals surface area contributed by atoms with Gasteiger partial charge in [-0.1, -0.05) is 30.3 Å². The molecule has 2 aromatic carbocycles. The van der Waals surface area contributed by atoms with Crippen molar-refractivity contribution >= 4 is 17.4 Å². The average Bonchev–Trinajstić information content (AvgIpc) is 2.53. The van der Waals surface area contributed by atoms with E-state index < -0.39 is 5.97 Å². The second-order valence-corrected chi connectivity index (χ2v) is 4.16. The molecule has 20 heavy (non-hydrogen) atoms. The lowest BCUT2D eigenvalue weighted by Crippen LogP contribution is -2.15. The zero-order valence-corrected chi connectivity index (χ0v) is 11.1. The van der Waals surface area contributed by atoms with Crippen molar-refractivity contribution in [3.63, 3.8) is 0 Å². The quantitative estimate of drug-likeness (QED) is 0.670. The summed E-state index contributed by atoms with van der Waals surface area (Å²) in [5, 5.41) is 2.93. The fourth-order valence-electron chi connectivity index (χ4n) is 1.81. The molecule has 102 valence electrons. The molecule has 0 amide bonds. The summed E-state index contributed by atoms with van der Waals surface area (Å²) in [5.74, 6) is -0.736. The molecular weight excluding hydrogens is 254 g/mol. The highest BCUT2D eigenvalue weighted by molar-refractivity contribution is 6.03. The Balaban J connectivity index is 2.01. The molecule has 0 unspecified atom stereocenters. The highest BCUT2D eigenvalue weighted by Gasteiger charge is 2.13. The lowest BCUT2D eigenvalue weighted by molar-refractivity contribution is 0.0475. The predicted molar refractivity (Wildman–Crippen MR) is 77.0 cm³/mol. The van der Waals surface area contributed by atoms with Crippen LogP contribution in [0.5, 0.6) is 0 Å². The Hall–Kier alpha value is -2.62. The molecule has 4 nitrogen and oxygen atoms in total. The number of nitrogens with one attached hydrogen (secondary N) is 1. The summed E-state index contributed by atoms with van der Waals surface area (Å²) in [6, 6.07) is 15.7. The Bertz CT molecular complexity index is 608. The lowest BCUT2D eigenvalue weighted by Gasteiger charge is -2.08. The normalized spacial score (nSPS) is 9.85. The van der Waals surface area contributed by atoms with E-state index >= 15 is 0 Å². The zero-order valence-electron chi connectivity index (χ0n) is 11.1. The number of Topliss-reactive ketones (excluding diaryl/α,β-unsaturated/α-hetero) is 1. The van der Waals surface area contributed by atoms with Crippen LogP contribution in [-0.4, -0.2) is 25.4 Å². The number of ketones is 1. The Morgan fingerprint density at radius 1 is 1.00 bits per heavy atom. The number of para-hydroxylation sites is 1. The number of esters is 1. The van der Waals surface area contributed by atoms with E-state index in [1.165, 1.54) is 0 Å². The Labute approximate surface area is 117 Å². The van der Waals surface area contributed by atoms with Gasteiger partial charge < -0.3 is 10.1 Å². The number of hydrogen-bond acceptors (Lipinski definition) is 4. The molecule has 0 spiro atoms. The highest BCUT2D eigenvalue weighted by Crippen LogP contribution is 2.15. The smallest absolute Gasteiger partial charge is 0.338 e.